The maximum Gasteiger partial charge on any atom is 0.390 e. The third kappa shape index (κ3) is 4.28. The van der Waals surface area contributed by atoms with Crippen LogP contribution in [0.25, 0.3) is 0 Å². The molecule has 1 heterocycles. The summed E-state index contributed by atoms with van der Waals surface area (Å²) in [5.41, 5.74) is -0.816. The molecule has 1 rings (SSSR count). The number of β-amino-alcohol motifs (C(OH)–C–C–N with tert-alkyl or cyclic N) is 1. The van der Waals surface area contributed by atoms with Crippen LogP contribution >= 0.6 is 0 Å². The first-order valence-corrected chi connectivity index (χ1v) is 4.80. The SMILES string of the molecule is CC1(O)CCCN(CCC(F)(F)F)C1. The molecular formula is C9H16F3NO. The van der Waals surface area contributed by atoms with Gasteiger partial charge in [-0.3, -0.25) is 0 Å². The fourth-order valence-corrected chi connectivity index (χ4v) is 1.80. The smallest absolute Gasteiger partial charge is 0.389 e. The Kier molecular flexibility index (Phi) is 3.42. The van der Waals surface area contributed by atoms with Crippen LogP contribution in [0.5, 0.6) is 0 Å². The summed E-state index contributed by atoms with van der Waals surface area (Å²) >= 11 is 0. The molecule has 0 aromatic rings. The fourth-order valence-electron chi connectivity index (χ4n) is 1.80. The van der Waals surface area contributed by atoms with Crippen LogP contribution < -0.4 is 0 Å². The Balaban J connectivity index is 2.32. The molecule has 1 saturated heterocycles. The van der Waals surface area contributed by atoms with Gasteiger partial charge in [0, 0.05) is 13.1 Å². The highest BCUT2D eigenvalue weighted by Crippen LogP contribution is 2.24. The Morgan fingerprint density at radius 3 is 2.57 bits per heavy atom. The molecule has 5 heteroatoms. The number of hydrogen-bond acceptors (Lipinski definition) is 2. The maximum atomic E-state index is 11.9. The van der Waals surface area contributed by atoms with E-state index in [0.29, 0.717) is 19.5 Å². The van der Waals surface area contributed by atoms with Gasteiger partial charge in [-0.15, -0.1) is 0 Å². The molecule has 1 atom stereocenters. The molecule has 0 bridgehead atoms. The molecule has 1 unspecified atom stereocenters. The molecule has 0 spiro atoms. The van der Waals surface area contributed by atoms with Gasteiger partial charge in [0.15, 0.2) is 0 Å². The first kappa shape index (κ1) is 11.8. The lowest BCUT2D eigenvalue weighted by atomic mass is 9.95. The average molecular weight is 211 g/mol. The second kappa shape index (κ2) is 4.06. The van der Waals surface area contributed by atoms with Crippen molar-refractivity contribution in [2.24, 2.45) is 0 Å². The highest BCUT2D eigenvalue weighted by molar-refractivity contribution is 4.82. The summed E-state index contributed by atoms with van der Waals surface area (Å²) in [5.74, 6) is 0. The molecular weight excluding hydrogens is 195 g/mol. The number of piperidine rings is 1. The van der Waals surface area contributed by atoms with Crippen molar-refractivity contribution in [3.05, 3.63) is 0 Å². The van der Waals surface area contributed by atoms with E-state index in [-0.39, 0.29) is 6.54 Å². The molecule has 1 fully saturated rings. The zero-order valence-corrected chi connectivity index (χ0v) is 8.27. The molecule has 2 nitrogen and oxygen atoms in total. The largest absolute Gasteiger partial charge is 0.390 e. The van der Waals surface area contributed by atoms with Crippen molar-refractivity contribution in [2.75, 3.05) is 19.6 Å². The van der Waals surface area contributed by atoms with Gasteiger partial charge in [0.1, 0.15) is 0 Å². The summed E-state index contributed by atoms with van der Waals surface area (Å²) in [4.78, 5) is 1.68. The van der Waals surface area contributed by atoms with E-state index >= 15 is 0 Å². The van der Waals surface area contributed by atoms with E-state index in [1.807, 2.05) is 0 Å². The minimum absolute atomic E-state index is 0.000347. The second-order valence-electron chi connectivity index (χ2n) is 4.24. The molecule has 0 saturated carbocycles. The number of alkyl halides is 3. The van der Waals surface area contributed by atoms with Crippen molar-refractivity contribution in [1.29, 1.82) is 0 Å². The van der Waals surface area contributed by atoms with Crippen LogP contribution in [0.2, 0.25) is 0 Å². The quantitative estimate of drug-likeness (QED) is 0.752. The van der Waals surface area contributed by atoms with Crippen LogP contribution in [0, 0.1) is 0 Å². The molecule has 84 valence electrons. The van der Waals surface area contributed by atoms with Gasteiger partial charge in [-0.2, -0.15) is 13.2 Å². The first-order valence-electron chi connectivity index (χ1n) is 4.80. The second-order valence-corrected chi connectivity index (χ2v) is 4.24. The molecule has 14 heavy (non-hydrogen) atoms. The average Bonchev–Trinajstić information content (AvgIpc) is 1.98. The number of likely N-dealkylation sites (tertiary alicyclic amines) is 1. The molecule has 1 aliphatic rings. The van der Waals surface area contributed by atoms with Crippen LogP contribution in [-0.2, 0) is 0 Å². The summed E-state index contributed by atoms with van der Waals surface area (Å²) in [6, 6.07) is 0. The number of hydrogen-bond donors (Lipinski definition) is 1. The van der Waals surface area contributed by atoms with Gasteiger partial charge in [-0.25, -0.2) is 0 Å². The first-order chi connectivity index (χ1) is 6.29. The van der Waals surface area contributed by atoms with E-state index < -0.39 is 18.2 Å². The van der Waals surface area contributed by atoms with E-state index in [0.717, 1.165) is 6.42 Å². The number of nitrogens with zero attached hydrogens (tertiary/aromatic N) is 1. The normalized spacial score (nSPS) is 30.6. The summed E-state index contributed by atoms with van der Waals surface area (Å²) in [7, 11) is 0. The van der Waals surface area contributed by atoms with E-state index in [2.05, 4.69) is 0 Å². The van der Waals surface area contributed by atoms with Gasteiger partial charge in [-0.05, 0) is 26.3 Å². The topological polar surface area (TPSA) is 23.5 Å². The van der Waals surface area contributed by atoms with Gasteiger partial charge < -0.3 is 10.0 Å². The third-order valence-electron chi connectivity index (χ3n) is 2.47. The lowest BCUT2D eigenvalue weighted by Gasteiger charge is -2.36. The maximum absolute atomic E-state index is 11.9. The zero-order valence-electron chi connectivity index (χ0n) is 8.27. The van der Waals surface area contributed by atoms with Crippen LogP contribution in [0.3, 0.4) is 0 Å². The predicted molar refractivity (Wildman–Crippen MR) is 47.0 cm³/mol. The van der Waals surface area contributed by atoms with Crippen molar-refractivity contribution in [2.45, 2.75) is 38.0 Å². The monoisotopic (exact) mass is 211 g/mol. The van der Waals surface area contributed by atoms with Gasteiger partial charge in [-0.1, -0.05) is 0 Å². The predicted octanol–water partition coefficient (Wildman–Crippen LogP) is 1.79. The molecule has 0 radical (unpaired) electrons. The standard InChI is InChI=1S/C9H16F3NO/c1-8(14)3-2-5-13(7-8)6-4-9(10,11)12/h14H,2-7H2,1H3. The van der Waals surface area contributed by atoms with Crippen LogP contribution in [-0.4, -0.2) is 41.4 Å². The van der Waals surface area contributed by atoms with Crippen molar-refractivity contribution in [3.63, 3.8) is 0 Å². The Labute approximate surface area is 81.7 Å². The Hall–Kier alpha value is -0.290. The van der Waals surface area contributed by atoms with Gasteiger partial charge in [0.2, 0.25) is 0 Å². The number of rotatable bonds is 2. The van der Waals surface area contributed by atoms with Gasteiger partial charge in [0.25, 0.3) is 0 Å². The van der Waals surface area contributed by atoms with Crippen LogP contribution in [0.1, 0.15) is 26.2 Å². The van der Waals surface area contributed by atoms with E-state index in [4.69, 9.17) is 0 Å². The van der Waals surface area contributed by atoms with E-state index in [9.17, 15) is 18.3 Å². The lowest BCUT2D eigenvalue weighted by Crippen LogP contribution is -2.46. The molecule has 1 aliphatic heterocycles. The summed E-state index contributed by atoms with van der Waals surface area (Å²) in [5, 5.41) is 9.65. The minimum atomic E-state index is -4.09. The number of aliphatic hydroxyl groups is 1. The Bertz CT molecular complexity index is 191. The highest BCUT2D eigenvalue weighted by Gasteiger charge is 2.32. The number of halogens is 3. The van der Waals surface area contributed by atoms with Crippen molar-refractivity contribution in [3.8, 4) is 0 Å². The Morgan fingerprint density at radius 2 is 2.07 bits per heavy atom. The fraction of sp³-hybridized carbons (Fsp3) is 1.00. The van der Waals surface area contributed by atoms with Crippen LogP contribution in [0.4, 0.5) is 13.2 Å². The Morgan fingerprint density at radius 1 is 1.43 bits per heavy atom. The molecule has 1 N–H and O–H groups in total. The third-order valence-corrected chi connectivity index (χ3v) is 2.47. The van der Waals surface area contributed by atoms with E-state index in [1.165, 1.54) is 0 Å². The summed E-state index contributed by atoms with van der Waals surface area (Å²) < 4.78 is 35.7. The molecule has 0 amide bonds. The van der Waals surface area contributed by atoms with Crippen molar-refractivity contribution >= 4 is 0 Å². The zero-order chi connectivity index (χ0) is 10.8. The summed E-state index contributed by atoms with van der Waals surface area (Å²) in [6.07, 6.45) is -3.44. The summed E-state index contributed by atoms with van der Waals surface area (Å²) in [6.45, 7) is 2.68. The minimum Gasteiger partial charge on any atom is -0.389 e. The van der Waals surface area contributed by atoms with Gasteiger partial charge in [0.05, 0.1) is 12.0 Å². The molecule has 0 aliphatic carbocycles. The molecule has 0 aromatic carbocycles. The van der Waals surface area contributed by atoms with Crippen molar-refractivity contribution < 1.29 is 18.3 Å². The highest BCUT2D eigenvalue weighted by atomic mass is 19.4. The lowest BCUT2D eigenvalue weighted by molar-refractivity contribution is -0.141. The van der Waals surface area contributed by atoms with Crippen molar-refractivity contribution in [1.82, 2.24) is 4.90 Å². The molecule has 0 aromatic heterocycles. The van der Waals surface area contributed by atoms with E-state index in [1.54, 1.807) is 11.8 Å². The van der Waals surface area contributed by atoms with Gasteiger partial charge >= 0.3 is 6.18 Å². The van der Waals surface area contributed by atoms with Crippen LogP contribution in [0.15, 0.2) is 0 Å².